The molecule has 6 nitrogen and oxygen atoms in total. The lowest BCUT2D eigenvalue weighted by molar-refractivity contribution is 0.0653. The monoisotopic (exact) mass is 374 g/mol. The van der Waals surface area contributed by atoms with Crippen molar-refractivity contribution in [3.63, 3.8) is 0 Å². The van der Waals surface area contributed by atoms with Gasteiger partial charge in [0.15, 0.2) is 5.84 Å². The standard InChI is InChI=1S/C13H16BrClN4O2/c14-10-7-9(1-2-11(10)15)13(20)19-5-3-18(4-6-19)8-12(16)17-21/h1-2,7,21H,3-6,8H2,(H2,16,17). The Morgan fingerprint density at radius 3 is 2.62 bits per heavy atom. The van der Waals surface area contributed by atoms with Gasteiger partial charge in [-0.25, -0.2) is 0 Å². The van der Waals surface area contributed by atoms with Gasteiger partial charge in [0.1, 0.15) is 0 Å². The number of hydrogen-bond acceptors (Lipinski definition) is 4. The molecule has 0 aliphatic carbocycles. The zero-order valence-electron chi connectivity index (χ0n) is 11.3. The van der Waals surface area contributed by atoms with Crippen LogP contribution in [0.3, 0.4) is 0 Å². The highest BCUT2D eigenvalue weighted by atomic mass is 79.9. The van der Waals surface area contributed by atoms with Crippen molar-refractivity contribution in [1.82, 2.24) is 9.80 Å². The van der Waals surface area contributed by atoms with Crippen LogP contribution in [-0.4, -0.2) is 59.5 Å². The number of rotatable bonds is 3. The third-order valence-electron chi connectivity index (χ3n) is 3.34. The number of hydrogen-bond donors (Lipinski definition) is 2. The Morgan fingerprint density at radius 1 is 1.38 bits per heavy atom. The average Bonchev–Trinajstić information content (AvgIpc) is 2.50. The van der Waals surface area contributed by atoms with Crippen LogP contribution in [0.4, 0.5) is 0 Å². The fourth-order valence-corrected chi connectivity index (χ4v) is 2.68. The molecule has 0 unspecified atom stereocenters. The summed E-state index contributed by atoms with van der Waals surface area (Å²) in [6, 6.07) is 5.15. The second-order valence-electron chi connectivity index (χ2n) is 4.79. The number of carbonyl (C=O) groups excluding carboxylic acids is 1. The van der Waals surface area contributed by atoms with E-state index in [4.69, 9.17) is 22.5 Å². The molecule has 1 amide bonds. The molecule has 114 valence electrons. The first kappa shape index (κ1) is 16.1. The largest absolute Gasteiger partial charge is 0.409 e. The lowest BCUT2D eigenvalue weighted by Gasteiger charge is -2.34. The molecular formula is C13H16BrClN4O2. The maximum absolute atomic E-state index is 12.4. The van der Waals surface area contributed by atoms with Crippen LogP contribution in [0.5, 0.6) is 0 Å². The van der Waals surface area contributed by atoms with Crippen LogP contribution in [0, 0.1) is 0 Å². The summed E-state index contributed by atoms with van der Waals surface area (Å²) in [5.41, 5.74) is 6.09. The first-order valence-corrected chi connectivity index (χ1v) is 7.61. The molecule has 1 aliphatic rings. The Balaban J connectivity index is 1.95. The van der Waals surface area contributed by atoms with Crippen molar-refractivity contribution in [3.05, 3.63) is 33.3 Å². The maximum Gasteiger partial charge on any atom is 0.253 e. The first-order chi connectivity index (χ1) is 10.0. The van der Waals surface area contributed by atoms with E-state index in [1.807, 2.05) is 4.90 Å². The quantitative estimate of drug-likeness (QED) is 0.364. The zero-order valence-corrected chi connectivity index (χ0v) is 13.6. The Kier molecular flexibility index (Phi) is 5.44. The van der Waals surface area contributed by atoms with E-state index < -0.39 is 0 Å². The second-order valence-corrected chi connectivity index (χ2v) is 6.05. The lowest BCUT2D eigenvalue weighted by Crippen LogP contribution is -2.50. The van der Waals surface area contributed by atoms with E-state index >= 15 is 0 Å². The van der Waals surface area contributed by atoms with E-state index in [2.05, 4.69) is 21.1 Å². The van der Waals surface area contributed by atoms with Gasteiger partial charge in [0.05, 0.1) is 11.6 Å². The smallest absolute Gasteiger partial charge is 0.253 e. The minimum Gasteiger partial charge on any atom is -0.409 e. The molecule has 0 spiro atoms. The topological polar surface area (TPSA) is 82.2 Å². The molecule has 1 heterocycles. The summed E-state index contributed by atoms with van der Waals surface area (Å²) >= 11 is 9.25. The van der Waals surface area contributed by atoms with E-state index in [0.717, 1.165) is 0 Å². The third kappa shape index (κ3) is 4.09. The van der Waals surface area contributed by atoms with Crippen LogP contribution in [0.15, 0.2) is 27.8 Å². The Labute approximate surface area is 136 Å². The van der Waals surface area contributed by atoms with Gasteiger partial charge >= 0.3 is 0 Å². The maximum atomic E-state index is 12.4. The molecule has 0 aromatic heterocycles. The molecule has 0 radical (unpaired) electrons. The van der Waals surface area contributed by atoms with Crippen LogP contribution in [0.1, 0.15) is 10.4 Å². The molecule has 8 heteroatoms. The summed E-state index contributed by atoms with van der Waals surface area (Å²) < 4.78 is 0.709. The number of halogens is 2. The van der Waals surface area contributed by atoms with Gasteiger partial charge in [-0.05, 0) is 34.1 Å². The highest BCUT2D eigenvalue weighted by molar-refractivity contribution is 9.10. The molecule has 1 fully saturated rings. The average molecular weight is 376 g/mol. The fourth-order valence-electron chi connectivity index (χ4n) is 2.18. The van der Waals surface area contributed by atoms with E-state index in [-0.39, 0.29) is 11.7 Å². The molecule has 0 saturated carbocycles. The van der Waals surface area contributed by atoms with E-state index in [0.29, 0.717) is 47.8 Å². The minimum atomic E-state index is -0.0178. The van der Waals surface area contributed by atoms with Crippen LogP contribution in [0.2, 0.25) is 5.02 Å². The van der Waals surface area contributed by atoms with Crippen LogP contribution in [0.25, 0.3) is 0 Å². The predicted octanol–water partition coefficient (Wildman–Crippen LogP) is 1.61. The number of carbonyl (C=O) groups is 1. The third-order valence-corrected chi connectivity index (χ3v) is 4.55. The molecular weight excluding hydrogens is 360 g/mol. The Bertz CT molecular complexity index is 559. The molecule has 1 aromatic carbocycles. The first-order valence-electron chi connectivity index (χ1n) is 6.44. The van der Waals surface area contributed by atoms with Crippen LogP contribution >= 0.6 is 27.5 Å². The van der Waals surface area contributed by atoms with Gasteiger partial charge < -0.3 is 15.8 Å². The van der Waals surface area contributed by atoms with Crippen molar-refractivity contribution in [2.24, 2.45) is 10.9 Å². The molecule has 21 heavy (non-hydrogen) atoms. The zero-order chi connectivity index (χ0) is 15.4. The molecule has 1 aliphatic heterocycles. The number of amides is 1. The SMILES string of the molecule is N/C(CN1CCN(C(=O)c2ccc(Cl)c(Br)c2)CC1)=N/O. The number of amidine groups is 1. The molecule has 0 atom stereocenters. The van der Waals surface area contributed by atoms with E-state index in [1.54, 1.807) is 23.1 Å². The van der Waals surface area contributed by atoms with Crippen molar-refractivity contribution in [3.8, 4) is 0 Å². The second kappa shape index (κ2) is 7.11. The Morgan fingerprint density at radius 2 is 2.05 bits per heavy atom. The van der Waals surface area contributed by atoms with Crippen molar-refractivity contribution >= 4 is 39.3 Å². The number of nitrogens with zero attached hydrogens (tertiary/aromatic N) is 3. The van der Waals surface area contributed by atoms with E-state index in [9.17, 15) is 4.79 Å². The van der Waals surface area contributed by atoms with Crippen molar-refractivity contribution in [2.45, 2.75) is 0 Å². The highest BCUT2D eigenvalue weighted by Gasteiger charge is 2.22. The number of piperazine rings is 1. The molecule has 2 rings (SSSR count). The van der Waals surface area contributed by atoms with Gasteiger partial charge in [-0.1, -0.05) is 16.8 Å². The van der Waals surface area contributed by atoms with Gasteiger partial charge in [0.2, 0.25) is 0 Å². The minimum absolute atomic E-state index is 0.0178. The number of nitrogens with two attached hydrogens (primary N) is 1. The van der Waals surface area contributed by atoms with Crippen LogP contribution in [-0.2, 0) is 0 Å². The normalized spacial score (nSPS) is 17.0. The van der Waals surface area contributed by atoms with Gasteiger partial charge in [-0.2, -0.15) is 0 Å². The lowest BCUT2D eigenvalue weighted by atomic mass is 10.2. The Hall–Kier alpha value is -1.31. The van der Waals surface area contributed by atoms with Crippen molar-refractivity contribution < 1.29 is 10.0 Å². The van der Waals surface area contributed by atoms with Gasteiger partial charge in [-0.15, -0.1) is 0 Å². The summed E-state index contributed by atoms with van der Waals surface area (Å²) in [5, 5.41) is 12.1. The molecule has 1 aromatic rings. The summed E-state index contributed by atoms with van der Waals surface area (Å²) in [6.07, 6.45) is 0. The van der Waals surface area contributed by atoms with E-state index in [1.165, 1.54) is 0 Å². The van der Waals surface area contributed by atoms with Gasteiger partial charge in [-0.3, -0.25) is 9.69 Å². The number of benzene rings is 1. The summed E-state index contributed by atoms with van der Waals surface area (Å²) in [7, 11) is 0. The summed E-state index contributed by atoms with van der Waals surface area (Å²) in [4.78, 5) is 16.2. The number of oxime groups is 1. The van der Waals surface area contributed by atoms with Crippen molar-refractivity contribution in [2.75, 3.05) is 32.7 Å². The summed E-state index contributed by atoms with van der Waals surface area (Å²) in [6.45, 7) is 3.01. The predicted molar refractivity (Wildman–Crippen MR) is 84.9 cm³/mol. The fraction of sp³-hybridized carbons (Fsp3) is 0.385. The van der Waals surface area contributed by atoms with Gasteiger partial charge in [0.25, 0.3) is 5.91 Å². The molecule has 0 bridgehead atoms. The molecule has 1 saturated heterocycles. The summed E-state index contributed by atoms with van der Waals surface area (Å²) in [5.74, 6) is 0.159. The van der Waals surface area contributed by atoms with Crippen LogP contribution < -0.4 is 5.73 Å². The molecule has 3 N–H and O–H groups in total. The highest BCUT2D eigenvalue weighted by Crippen LogP contribution is 2.24. The van der Waals surface area contributed by atoms with Crippen molar-refractivity contribution in [1.29, 1.82) is 0 Å². The van der Waals surface area contributed by atoms with Gasteiger partial charge in [0, 0.05) is 36.2 Å².